The van der Waals surface area contributed by atoms with Crippen molar-refractivity contribution < 1.29 is 0 Å². The fraction of sp³-hybridized carbons (Fsp3) is 0.571. The molecule has 1 spiro atoms. The third kappa shape index (κ3) is 3.16. The van der Waals surface area contributed by atoms with E-state index in [0.717, 1.165) is 12.5 Å². The number of hydrogen-bond donors (Lipinski definition) is 1. The molecule has 1 aliphatic heterocycles. The van der Waals surface area contributed by atoms with Crippen molar-refractivity contribution in [3.05, 3.63) is 52.0 Å². The number of nitrogens with zero attached hydrogens (tertiary/aromatic N) is 2. The molecule has 0 unspecified atom stereocenters. The number of fused-ring (bicyclic) bond motifs is 2. The highest BCUT2D eigenvalue weighted by molar-refractivity contribution is 7.09. The topological polar surface area (TPSA) is 28.2 Å². The number of nitrogens with one attached hydrogen (secondary N) is 1. The molecule has 132 valence electrons. The molecule has 1 N–H and O–H groups in total. The molecule has 2 fully saturated rings. The predicted octanol–water partition coefficient (Wildman–Crippen LogP) is 4.12. The van der Waals surface area contributed by atoms with Crippen molar-refractivity contribution in [3.63, 3.8) is 0 Å². The van der Waals surface area contributed by atoms with E-state index in [1.807, 2.05) is 6.20 Å². The molecule has 1 aromatic carbocycles. The van der Waals surface area contributed by atoms with Crippen LogP contribution in [0.2, 0.25) is 0 Å². The van der Waals surface area contributed by atoms with Crippen LogP contribution < -0.4 is 5.32 Å². The van der Waals surface area contributed by atoms with E-state index in [2.05, 4.69) is 44.8 Å². The predicted molar refractivity (Wildman–Crippen MR) is 103 cm³/mol. The molecule has 0 radical (unpaired) electrons. The lowest BCUT2D eigenvalue weighted by molar-refractivity contribution is 0.146. The molecule has 2 aliphatic carbocycles. The molecular formula is C21H27N3S. The molecule has 1 saturated carbocycles. The zero-order chi connectivity index (χ0) is 16.7. The first-order chi connectivity index (χ1) is 12.3. The van der Waals surface area contributed by atoms with Crippen LogP contribution >= 0.6 is 11.3 Å². The molecule has 1 atom stereocenters. The van der Waals surface area contributed by atoms with E-state index in [0.29, 0.717) is 11.5 Å². The summed E-state index contributed by atoms with van der Waals surface area (Å²) < 4.78 is 0. The average molecular weight is 354 g/mol. The highest BCUT2D eigenvalue weighted by Crippen LogP contribution is 2.51. The van der Waals surface area contributed by atoms with Crippen LogP contribution in [0.15, 0.2) is 35.8 Å². The minimum atomic E-state index is 0.400. The Morgan fingerprint density at radius 3 is 2.80 bits per heavy atom. The van der Waals surface area contributed by atoms with Crippen molar-refractivity contribution in [2.24, 2.45) is 5.92 Å². The molecule has 0 amide bonds. The van der Waals surface area contributed by atoms with Gasteiger partial charge in [-0.05, 0) is 74.2 Å². The van der Waals surface area contributed by atoms with Crippen LogP contribution in [-0.4, -0.2) is 29.5 Å². The third-order valence-corrected chi connectivity index (χ3v) is 7.27. The van der Waals surface area contributed by atoms with Crippen molar-refractivity contribution in [3.8, 4) is 0 Å². The summed E-state index contributed by atoms with van der Waals surface area (Å²) >= 11 is 1.78. The zero-order valence-corrected chi connectivity index (χ0v) is 15.6. The minimum Gasteiger partial charge on any atom is -0.310 e. The summed E-state index contributed by atoms with van der Waals surface area (Å²) in [5.74, 6) is 0.948. The Morgan fingerprint density at radius 1 is 1.20 bits per heavy atom. The van der Waals surface area contributed by atoms with E-state index in [-0.39, 0.29) is 0 Å². The van der Waals surface area contributed by atoms with Crippen molar-refractivity contribution in [2.75, 3.05) is 19.6 Å². The van der Waals surface area contributed by atoms with Gasteiger partial charge in [0.2, 0.25) is 0 Å². The molecule has 25 heavy (non-hydrogen) atoms. The van der Waals surface area contributed by atoms with Gasteiger partial charge in [-0.15, -0.1) is 11.3 Å². The van der Waals surface area contributed by atoms with Gasteiger partial charge in [0.15, 0.2) is 0 Å². The summed E-state index contributed by atoms with van der Waals surface area (Å²) in [6.07, 6.45) is 8.66. The Hall–Kier alpha value is -1.23. The SMILES string of the molecule is c1ccc2c(c1)[C@H](NCC1CC1)CC21CCN(Cc2nccs2)CC1. The molecule has 5 rings (SSSR count). The number of rotatable bonds is 5. The quantitative estimate of drug-likeness (QED) is 0.876. The van der Waals surface area contributed by atoms with Crippen molar-refractivity contribution in [1.82, 2.24) is 15.2 Å². The monoisotopic (exact) mass is 353 g/mol. The van der Waals surface area contributed by atoms with Gasteiger partial charge in [-0.3, -0.25) is 4.90 Å². The molecule has 3 nitrogen and oxygen atoms in total. The average Bonchev–Trinajstić information content (AvgIpc) is 3.25. The van der Waals surface area contributed by atoms with Gasteiger partial charge in [-0.1, -0.05) is 24.3 Å². The number of likely N-dealkylation sites (tertiary alicyclic amines) is 1. The smallest absolute Gasteiger partial charge is 0.107 e. The summed E-state index contributed by atoms with van der Waals surface area (Å²) in [4.78, 5) is 7.06. The van der Waals surface area contributed by atoms with Gasteiger partial charge in [0.25, 0.3) is 0 Å². The molecule has 2 aromatic rings. The molecule has 0 bridgehead atoms. The van der Waals surface area contributed by atoms with E-state index in [1.165, 1.54) is 56.7 Å². The summed E-state index contributed by atoms with van der Waals surface area (Å²) in [6.45, 7) is 4.64. The Kier molecular flexibility index (Phi) is 4.15. The molecule has 2 heterocycles. The molecule has 4 heteroatoms. The fourth-order valence-electron chi connectivity index (χ4n) is 4.84. The number of hydrogen-bond acceptors (Lipinski definition) is 4. The van der Waals surface area contributed by atoms with Gasteiger partial charge >= 0.3 is 0 Å². The van der Waals surface area contributed by atoms with E-state index >= 15 is 0 Å². The molecular weight excluding hydrogens is 326 g/mol. The number of piperidine rings is 1. The van der Waals surface area contributed by atoms with Crippen LogP contribution in [0.4, 0.5) is 0 Å². The van der Waals surface area contributed by atoms with Crippen LogP contribution in [0.5, 0.6) is 0 Å². The number of aromatic nitrogens is 1. The van der Waals surface area contributed by atoms with Crippen molar-refractivity contribution >= 4 is 11.3 Å². The lowest BCUT2D eigenvalue weighted by Crippen LogP contribution is -2.41. The first kappa shape index (κ1) is 16.0. The van der Waals surface area contributed by atoms with Gasteiger partial charge in [0.05, 0.1) is 6.54 Å². The Bertz CT molecular complexity index is 715. The van der Waals surface area contributed by atoms with Crippen LogP contribution in [0, 0.1) is 5.92 Å². The summed E-state index contributed by atoms with van der Waals surface area (Å²) in [6, 6.07) is 9.82. The van der Waals surface area contributed by atoms with Crippen molar-refractivity contribution in [1.29, 1.82) is 0 Å². The normalized spacial score (nSPS) is 25.4. The fourth-order valence-corrected chi connectivity index (χ4v) is 5.50. The van der Waals surface area contributed by atoms with Gasteiger partial charge in [0.1, 0.15) is 5.01 Å². The third-order valence-electron chi connectivity index (χ3n) is 6.51. The second-order valence-corrected chi connectivity index (χ2v) is 9.16. The summed E-state index contributed by atoms with van der Waals surface area (Å²) in [5, 5.41) is 7.24. The first-order valence-corrected chi connectivity index (χ1v) is 10.6. The molecule has 1 aromatic heterocycles. The van der Waals surface area contributed by atoms with Crippen LogP contribution in [0.1, 0.15) is 54.3 Å². The van der Waals surface area contributed by atoms with Gasteiger partial charge in [-0.25, -0.2) is 4.98 Å². The molecule has 3 aliphatic rings. The lowest BCUT2D eigenvalue weighted by atomic mass is 9.73. The number of thiazole rings is 1. The highest BCUT2D eigenvalue weighted by Gasteiger charge is 2.45. The maximum atomic E-state index is 4.46. The zero-order valence-electron chi connectivity index (χ0n) is 14.8. The van der Waals surface area contributed by atoms with E-state index < -0.39 is 0 Å². The number of benzene rings is 1. The Labute approximate surface area is 154 Å². The lowest BCUT2D eigenvalue weighted by Gasteiger charge is -2.40. The second-order valence-electron chi connectivity index (χ2n) is 8.18. The van der Waals surface area contributed by atoms with Gasteiger partial charge < -0.3 is 5.32 Å². The van der Waals surface area contributed by atoms with Crippen LogP contribution in [0.25, 0.3) is 0 Å². The minimum absolute atomic E-state index is 0.400. The van der Waals surface area contributed by atoms with Crippen LogP contribution in [0.3, 0.4) is 0 Å². The second kappa shape index (κ2) is 6.49. The summed E-state index contributed by atoms with van der Waals surface area (Å²) in [7, 11) is 0. The van der Waals surface area contributed by atoms with Gasteiger partial charge in [-0.2, -0.15) is 0 Å². The van der Waals surface area contributed by atoms with E-state index in [1.54, 1.807) is 22.5 Å². The Morgan fingerprint density at radius 2 is 2.04 bits per heavy atom. The maximum Gasteiger partial charge on any atom is 0.107 e. The first-order valence-electron chi connectivity index (χ1n) is 9.76. The standard InChI is InChI=1S/C21H27N3S/c1-2-4-18-17(3-1)19(23-14-16-5-6-16)13-21(18)7-10-24(11-8-21)15-20-22-9-12-25-20/h1-4,9,12,16,19,23H,5-8,10-11,13-15H2/t19-/m1/s1. The van der Waals surface area contributed by atoms with Crippen molar-refractivity contribution in [2.45, 2.75) is 50.1 Å². The maximum absolute atomic E-state index is 4.46. The molecule has 1 saturated heterocycles. The van der Waals surface area contributed by atoms with Crippen LogP contribution in [-0.2, 0) is 12.0 Å². The Balaban J connectivity index is 1.30. The highest BCUT2D eigenvalue weighted by atomic mass is 32.1. The summed E-state index contributed by atoms with van der Waals surface area (Å²) in [5.41, 5.74) is 3.62. The van der Waals surface area contributed by atoms with E-state index in [9.17, 15) is 0 Å². The van der Waals surface area contributed by atoms with E-state index in [4.69, 9.17) is 0 Å². The van der Waals surface area contributed by atoms with Gasteiger partial charge in [0, 0.05) is 17.6 Å². The largest absolute Gasteiger partial charge is 0.310 e.